The average Bonchev–Trinajstić information content (AvgIpc) is 3.19. The van der Waals surface area contributed by atoms with Gasteiger partial charge in [0.2, 0.25) is 0 Å². The van der Waals surface area contributed by atoms with Crippen molar-refractivity contribution in [3.05, 3.63) is 184 Å². The van der Waals surface area contributed by atoms with E-state index in [0.29, 0.717) is 11.5 Å². The van der Waals surface area contributed by atoms with E-state index in [1.165, 1.54) is 29.8 Å². The molecule has 6 rings (SSSR count). The van der Waals surface area contributed by atoms with E-state index in [0.717, 1.165) is 65.8 Å². The number of hydrogen-bond acceptors (Lipinski definition) is 3. The summed E-state index contributed by atoms with van der Waals surface area (Å²) in [6, 6.07) is 41.2. The van der Waals surface area contributed by atoms with Gasteiger partial charge in [-0.3, -0.25) is 0 Å². The van der Waals surface area contributed by atoms with Crippen LogP contribution in [-0.2, 0) is 23.7 Å². The van der Waals surface area contributed by atoms with Crippen LogP contribution in [0.3, 0.4) is 0 Å². The van der Waals surface area contributed by atoms with Crippen LogP contribution in [0.2, 0.25) is 5.02 Å². The van der Waals surface area contributed by atoms with Gasteiger partial charge in [0.25, 0.3) is 0 Å². The molecule has 0 fully saturated rings. The number of aryl methyl sites for hydroxylation is 3. The molecule has 59 heavy (non-hydrogen) atoms. The molecule has 9 heteroatoms. The largest absolute Gasteiger partial charge is 0.454 e. The summed E-state index contributed by atoms with van der Waals surface area (Å²) >= 11 is 6.19. The Balaban J connectivity index is 0.000000225. The lowest BCUT2D eigenvalue weighted by Gasteiger charge is -2.26. The first-order valence-corrected chi connectivity index (χ1v) is 20.8. The van der Waals surface area contributed by atoms with Crippen molar-refractivity contribution in [1.82, 2.24) is 0 Å². The molecular weight excluding hydrogens is 795 g/mol. The van der Waals surface area contributed by atoms with Crippen LogP contribution in [-0.4, -0.2) is 5.51 Å². The van der Waals surface area contributed by atoms with E-state index in [4.69, 9.17) is 21.1 Å². The Morgan fingerprint density at radius 1 is 0.542 bits per heavy atom. The Hall–Kier alpha value is -4.79. The van der Waals surface area contributed by atoms with Gasteiger partial charge in [-0.15, -0.1) is 0 Å². The lowest BCUT2D eigenvalue weighted by molar-refractivity contribution is -0.0328. The molecular formula is C50H50ClF5O2S. The highest BCUT2D eigenvalue weighted by Crippen LogP contribution is 2.39. The number of hydrogen-bond donors (Lipinski definition) is 0. The topological polar surface area (TPSA) is 18.5 Å². The van der Waals surface area contributed by atoms with Gasteiger partial charge >= 0.3 is 5.51 Å². The number of benzene rings is 6. The molecule has 0 aromatic heterocycles. The summed E-state index contributed by atoms with van der Waals surface area (Å²) in [6.45, 7) is 10.6. The summed E-state index contributed by atoms with van der Waals surface area (Å²) in [5.41, 5.74) is 0.936. The molecule has 0 heterocycles. The Labute approximate surface area is 354 Å². The number of para-hydroxylation sites is 2. The normalized spacial score (nSPS) is 11.8. The van der Waals surface area contributed by atoms with Gasteiger partial charge in [0.15, 0.2) is 23.1 Å². The van der Waals surface area contributed by atoms with Gasteiger partial charge in [0.05, 0.1) is 0 Å². The second kappa shape index (κ2) is 20.5. The first-order valence-electron chi connectivity index (χ1n) is 19.6. The highest BCUT2D eigenvalue weighted by molar-refractivity contribution is 8.00. The second-order valence-corrected chi connectivity index (χ2v) is 17.4. The third-order valence-electron chi connectivity index (χ3n) is 10.3. The van der Waals surface area contributed by atoms with E-state index in [2.05, 4.69) is 45.9 Å². The predicted molar refractivity (Wildman–Crippen MR) is 232 cm³/mol. The van der Waals surface area contributed by atoms with Crippen LogP contribution in [0, 0.1) is 18.6 Å². The summed E-state index contributed by atoms with van der Waals surface area (Å²) in [4.78, 5) is 0.185. The number of alkyl halides is 3. The molecule has 0 N–H and O–H groups in total. The summed E-state index contributed by atoms with van der Waals surface area (Å²) in [6.07, 6.45) is 5.31. The van der Waals surface area contributed by atoms with Crippen molar-refractivity contribution in [2.45, 2.75) is 94.4 Å². The van der Waals surface area contributed by atoms with Crippen molar-refractivity contribution in [3.8, 4) is 23.0 Å². The third-order valence-corrected chi connectivity index (χ3v) is 11.4. The molecule has 0 atom stereocenters. The first-order chi connectivity index (χ1) is 28.0. The van der Waals surface area contributed by atoms with Gasteiger partial charge in [-0.1, -0.05) is 112 Å². The van der Waals surface area contributed by atoms with Crippen LogP contribution in [0.4, 0.5) is 22.0 Å². The van der Waals surface area contributed by atoms with Crippen LogP contribution in [0.25, 0.3) is 0 Å². The predicted octanol–water partition coefficient (Wildman–Crippen LogP) is 16.4. The molecule has 0 radical (unpaired) electrons. The van der Waals surface area contributed by atoms with E-state index in [-0.39, 0.29) is 44.8 Å². The molecule has 0 amide bonds. The standard InChI is InChI=1S/C25H26ClFO.C25H24F4OS/c1-18-11-13-20(17-22(18)26)25(2,3)15-7-8-19-12-14-23(27)24(16-19)28-21-9-5-4-6-10-21;1-24(2,19-11-13-21(14-12-19)31-25(27,28)29)16-6-7-18-10-15-22(26)23(17-18)30-20-8-4-3-5-9-20/h4-6,9-14,16-17H,7-8,15H2,1-3H3;3-5,8-15,17H,6-7,16H2,1-2H3. The van der Waals surface area contributed by atoms with Crippen molar-refractivity contribution in [3.63, 3.8) is 0 Å². The van der Waals surface area contributed by atoms with Gasteiger partial charge in [0.1, 0.15) is 11.5 Å². The van der Waals surface area contributed by atoms with E-state index < -0.39 is 11.3 Å². The van der Waals surface area contributed by atoms with Crippen LogP contribution in [0.15, 0.2) is 144 Å². The zero-order chi connectivity index (χ0) is 42.6. The first kappa shape index (κ1) is 45.3. The molecule has 0 aliphatic heterocycles. The fraction of sp³-hybridized carbons (Fsp3) is 0.280. The maximum Gasteiger partial charge on any atom is 0.446 e. The zero-order valence-corrected chi connectivity index (χ0v) is 35.6. The molecule has 310 valence electrons. The molecule has 0 aliphatic carbocycles. The lowest BCUT2D eigenvalue weighted by atomic mass is 9.79. The quantitative estimate of drug-likeness (QED) is 0.0758. The van der Waals surface area contributed by atoms with Crippen LogP contribution < -0.4 is 9.47 Å². The molecule has 0 aliphatic rings. The second-order valence-electron chi connectivity index (χ2n) is 15.9. The molecule has 6 aromatic carbocycles. The third kappa shape index (κ3) is 14.2. The molecule has 6 aromatic rings. The van der Waals surface area contributed by atoms with Gasteiger partial charge in [-0.2, -0.15) is 13.2 Å². The molecule has 2 nitrogen and oxygen atoms in total. The monoisotopic (exact) mass is 844 g/mol. The molecule has 0 saturated carbocycles. The van der Waals surface area contributed by atoms with Crippen LogP contribution in [0.5, 0.6) is 23.0 Å². The van der Waals surface area contributed by atoms with Gasteiger partial charge in [0, 0.05) is 9.92 Å². The van der Waals surface area contributed by atoms with Crippen LogP contribution in [0.1, 0.15) is 81.2 Å². The van der Waals surface area contributed by atoms with E-state index in [1.54, 1.807) is 42.5 Å². The number of rotatable bonds is 15. The fourth-order valence-corrected chi connectivity index (χ4v) is 7.39. The summed E-state index contributed by atoms with van der Waals surface area (Å²) in [5, 5.41) is 0.812. The summed E-state index contributed by atoms with van der Waals surface area (Å²) < 4.78 is 77.1. The van der Waals surface area contributed by atoms with Crippen molar-refractivity contribution in [2.75, 3.05) is 0 Å². The minimum Gasteiger partial charge on any atom is -0.454 e. The smallest absolute Gasteiger partial charge is 0.446 e. The molecule has 0 saturated heterocycles. The van der Waals surface area contributed by atoms with Crippen molar-refractivity contribution >= 4 is 23.4 Å². The number of thioether (sulfide) groups is 1. The van der Waals surface area contributed by atoms with E-state index >= 15 is 0 Å². The van der Waals surface area contributed by atoms with Crippen molar-refractivity contribution in [1.29, 1.82) is 0 Å². The maximum absolute atomic E-state index is 14.1. The minimum atomic E-state index is -4.28. The maximum atomic E-state index is 14.1. The van der Waals surface area contributed by atoms with Crippen LogP contribution >= 0.6 is 23.4 Å². The lowest BCUT2D eigenvalue weighted by Crippen LogP contribution is -2.17. The highest BCUT2D eigenvalue weighted by atomic mass is 35.5. The number of ether oxygens (including phenoxy) is 2. The SMILES string of the molecule is CC(C)(CCCc1ccc(F)c(Oc2ccccc2)c1)c1ccc(SC(F)(F)F)cc1.Cc1ccc(C(C)(C)CCCc2ccc(F)c(Oc3ccccc3)c2)cc1Cl. The molecule has 0 unspecified atom stereocenters. The molecule has 0 bridgehead atoms. The molecule has 0 spiro atoms. The van der Waals surface area contributed by atoms with E-state index in [9.17, 15) is 22.0 Å². The number of halogens is 6. The van der Waals surface area contributed by atoms with Crippen molar-refractivity contribution < 1.29 is 31.4 Å². The van der Waals surface area contributed by atoms with Gasteiger partial charge in [-0.05, 0) is 163 Å². The summed E-state index contributed by atoms with van der Waals surface area (Å²) in [7, 11) is 0. The summed E-state index contributed by atoms with van der Waals surface area (Å²) in [5.74, 6) is 0.920. The van der Waals surface area contributed by atoms with Gasteiger partial charge in [-0.25, -0.2) is 8.78 Å². The van der Waals surface area contributed by atoms with E-state index in [1.807, 2.05) is 61.5 Å². The fourth-order valence-electron chi connectivity index (χ4n) is 6.67. The minimum absolute atomic E-state index is 0.0285. The Morgan fingerprint density at radius 2 is 0.983 bits per heavy atom. The highest BCUT2D eigenvalue weighted by Gasteiger charge is 2.29. The average molecular weight is 845 g/mol. The Morgan fingerprint density at radius 3 is 1.42 bits per heavy atom. The van der Waals surface area contributed by atoms with Crippen molar-refractivity contribution in [2.24, 2.45) is 0 Å². The zero-order valence-electron chi connectivity index (χ0n) is 34.0. The Bertz CT molecular complexity index is 2240. The van der Waals surface area contributed by atoms with Gasteiger partial charge < -0.3 is 9.47 Å². The Kier molecular flexibility index (Phi) is 15.7.